The zero-order valence-corrected chi connectivity index (χ0v) is 16.1. The summed E-state index contributed by atoms with van der Waals surface area (Å²) >= 11 is 1.83. The Hall–Kier alpha value is -1.11. The summed E-state index contributed by atoms with van der Waals surface area (Å²) in [5.41, 5.74) is 0. The molecule has 1 fully saturated rings. The van der Waals surface area contributed by atoms with Crippen LogP contribution >= 0.6 is 11.3 Å². The first-order valence-electron chi connectivity index (χ1n) is 9.00. The molecule has 1 atom stereocenters. The van der Waals surface area contributed by atoms with Gasteiger partial charge < -0.3 is 15.4 Å². The molecule has 2 heterocycles. The number of nitrogens with zero attached hydrogens (tertiary/aromatic N) is 2. The Morgan fingerprint density at radius 1 is 1.33 bits per heavy atom. The molecular formula is C18H32N4OS. The van der Waals surface area contributed by atoms with Crippen molar-refractivity contribution in [2.75, 3.05) is 46.4 Å². The quantitative estimate of drug-likeness (QED) is 0.429. The van der Waals surface area contributed by atoms with Crippen LogP contribution in [-0.4, -0.2) is 57.3 Å². The molecule has 0 spiro atoms. The second kappa shape index (κ2) is 10.7. The van der Waals surface area contributed by atoms with Crippen LogP contribution in [0.2, 0.25) is 0 Å². The topological polar surface area (TPSA) is 48.9 Å². The third kappa shape index (κ3) is 6.42. The van der Waals surface area contributed by atoms with Crippen molar-refractivity contribution in [1.29, 1.82) is 0 Å². The summed E-state index contributed by atoms with van der Waals surface area (Å²) in [4.78, 5) is 8.27. The molecule has 0 aromatic carbocycles. The third-order valence-electron chi connectivity index (χ3n) is 4.30. The van der Waals surface area contributed by atoms with Gasteiger partial charge in [0, 0.05) is 38.1 Å². The molecule has 1 aliphatic heterocycles. The van der Waals surface area contributed by atoms with Crippen molar-refractivity contribution in [3.8, 4) is 0 Å². The molecular weight excluding hydrogens is 320 g/mol. The number of nitrogens with one attached hydrogen (secondary N) is 2. The number of guanidine groups is 1. The molecule has 2 rings (SSSR count). The van der Waals surface area contributed by atoms with Crippen molar-refractivity contribution < 1.29 is 4.74 Å². The molecule has 1 aromatic heterocycles. The molecule has 5 nitrogen and oxygen atoms in total. The molecule has 24 heavy (non-hydrogen) atoms. The zero-order chi connectivity index (χ0) is 17.2. The summed E-state index contributed by atoms with van der Waals surface area (Å²) in [5, 5.41) is 9.09. The number of hydrogen-bond donors (Lipinski definition) is 2. The van der Waals surface area contributed by atoms with Gasteiger partial charge in [-0.15, -0.1) is 11.3 Å². The van der Waals surface area contributed by atoms with Crippen molar-refractivity contribution in [2.45, 2.75) is 32.7 Å². The van der Waals surface area contributed by atoms with E-state index in [0.29, 0.717) is 6.04 Å². The van der Waals surface area contributed by atoms with Gasteiger partial charge in [0.1, 0.15) is 0 Å². The normalized spacial score (nSPS) is 17.9. The summed E-state index contributed by atoms with van der Waals surface area (Å²) in [7, 11) is 1.84. The lowest BCUT2D eigenvalue weighted by Gasteiger charge is -2.34. The molecule has 0 radical (unpaired) electrons. The number of aliphatic imine (C=N–C) groups is 1. The van der Waals surface area contributed by atoms with Crippen LogP contribution in [-0.2, 0) is 4.74 Å². The highest BCUT2D eigenvalue weighted by Crippen LogP contribution is 2.25. The smallest absolute Gasteiger partial charge is 0.191 e. The van der Waals surface area contributed by atoms with Crippen LogP contribution in [0.25, 0.3) is 0 Å². The van der Waals surface area contributed by atoms with E-state index >= 15 is 0 Å². The molecule has 6 heteroatoms. The minimum Gasteiger partial charge on any atom is -0.379 e. The van der Waals surface area contributed by atoms with E-state index in [-0.39, 0.29) is 0 Å². The van der Waals surface area contributed by atoms with Crippen LogP contribution < -0.4 is 10.6 Å². The fourth-order valence-corrected chi connectivity index (χ4v) is 3.77. The second-order valence-electron chi connectivity index (χ2n) is 6.60. The van der Waals surface area contributed by atoms with Gasteiger partial charge in [-0.3, -0.25) is 9.89 Å². The maximum absolute atomic E-state index is 5.50. The Balaban J connectivity index is 1.84. The van der Waals surface area contributed by atoms with Crippen LogP contribution in [0, 0.1) is 5.92 Å². The SMILES string of the molecule is CN=C(NCCCC(C)C)NCC(c1cccs1)N1CCOCC1. The van der Waals surface area contributed by atoms with Gasteiger partial charge in [-0.2, -0.15) is 0 Å². The number of hydrogen-bond acceptors (Lipinski definition) is 4. The molecule has 1 aromatic rings. The van der Waals surface area contributed by atoms with Crippen LogP contribution in [0.5, 0.6) is 0 Å². The third-order valence-corrected chi connectivity index (χ3v) is 5.27. The highest BCUT2D eigenvalue weighted by Gasteiger charge is 2.23. The first kappa shape index (κ1) is 19.2. The maximum atomic E-state index is 5.50. The van der Waals surface area contributed by atoms with Gasteiger partial charge in [-0.25, -0.2) is 0 Å². The van der Waals surface area contributed by atoms with Gasteiger partial charge in [0.05, 0.1) is 19.3 Å². The highest BCUT2D eigenvalue weighted by molar-refractivity contribution is 7.10. The molecule has 0 aliphatic carbocycles. The standard InChI is InChI=1S/C18H32N4OS/c1-15(2)6-4-8-20-18(19-3)21-14-16(17-7-5-13-24-17)22-9-11-23-12-10-22/h5,7,13,15-16H,4,6,8-12,14H2,1-3H3,(H2,19,20,21). The molecule has 0 bridgehead atoms. The summed E-state index contributed by atoms with van der Waals surface area (Å²) in [5.74, 6) is 1.65. The lowest BCUT2D eigenvalue weighted by Crippen LogP contribution is -2.46. The van der Waals surface area contributed by atoms with Gasteiger partial charge in [0.15, 0.2) is 5.96 Å². The first-order valence-corrected chi connectivity index (χ1v) is 9.88. The summed E-state index contributed by atoms with van der Waals surface area (Å²) < 4.78 is 5.50. The lowest BCUT2D eigenvalue weighted by molar-refractivity contribution is 0.0177. The number of ether oxygens (including phenoxy) is 1. The highest BCUT2D eigenvalue weighted by atomic mass is 32.1. The molecule has 136 valence electrons. The maximum Gasteiger partial charge on any atom is 0.191 e. The van der Waals surface area contributed by atoms with E-state index in [4.69, 9.17) is 4.74 Å². The van der Waals surface area contributed by atoms with Crippen molar-refractivity contribution >= 4 is 17.3 Å². The summed E-state index contributed by atoms with van der Waals surface area (Å²) in [6.45, 7) is 9.99. The Morgan fingerprint density at radius 2 is 2.12 bits per heavy atom. The molecule has 2 N–H and O–H groups in total. The molecule has 1 saturated heterocycles. The number of thiophene rings is 1. The minimum absolute atomic E-state index is 0.378. The van der Waals surface area contributed by atoms with Gasteiger partial charge in [0.25, 0.3) is 0 Å². The minimum atomic E-state index is 0.378. The average molecular weight is 353 g/mol. The Bertz CT molecular complexity index is 469. The average Bonchev–Trinajstić information content (AvgIpc) is 3.12. The fourth-order valence-electron chi connectivity index (χ4n) is 2.91. The Kier molecular flexibility index (Phi) is 8.56. The van der Waals surface area contributed by atoms with E-state index < -0.39 is 0 Å². The monoisotopic (exact) mass is 352 g/mol. The molecule has 1 aliphatic rings. The fraction of sp³-hybridized carbons (Fsp3) is 0.722. The summed E-state index contributed by atoms with van der Waals surface area (Å²) in [6, 6.07) is 4.74. The lowest BCUT2D eigenvalue weighted by atomic mass is 10.1. The van der Waals surface area contributed by atoms with E-state index in [0.717, 1.165) is 51.3 Å². The first-order chi connectivity index (χ1) is 11.7. The van der Waals surface area contributed by atoms with Gasteiger partial charge in [-0.05, 0) is 30.2 Å². The van der Waals surface area contributed by atoms with Crippen LogP contribution in [0.15, 0.2) is 22.5 Å². The predicted octanol–water partition coefficient (Wildman–Crippen LogP) is 2.72. The van der Waals surface area contributed by atoms with E-state index in [1.165, 1.54) is 17.7 Å². The van der Waals surface area contributed by atoms with Crippen LogP contribution in [0.4, 0.5) is 0 Å². The van der Waals surface area contributed by atoms with Crippen molar-refractivity contribution in [3.63, 3.8) is 0 Å². The van der Waals surface area contributed by atoms with Crippen LogP contribution in [0.3, 0.4) is 0 Å². The van der Waals surface area contributed by atoms with Crippen molar-refractivity contribution in [3.05, 3.63) is 22.4 Å². The van der Waals surface area contributed by atoms with Gasteiger partial charge in [-0.1, -0.05) is 19.9 Å². The van der Waals surface area contributed by atoms with Crippen molar-refractivity contribution in [2.24, 2.45) is 10.9 Å². The number of morpholine rings is 1. The van der Waals surface area contributed by atoms with Gasteiger partial charge in [0.2, 0.25) is 0 Å². The second-order valence-corrected chi connectivity index (χ2v) is 7.57. The largest absolute Gasteiger partial charge is 0.379 e. The Labute approximate surface area is 150 Å². The Morgan fingerprint density at radius 3 is 2.75 bits per heavy atom. The van der Waals surface area contributed by atoms with E-state index in [1.807, 2.05) is 18.4 Å². The van der Waals surface area contributed by atoms with E-state index in [2.05, 4.69) is 51.9 Å². The van der Waals surface area contributed by atoms with E-state index in [9.17, 15) is 0 Å². The summed E-state index contributed by atoms with van der Waals surface area (Å²) in [6.07, 6.45) is 2.42. The molecule has 0 amide bonds. The van der Waals surface area contributed by atoms with Gasteiger partial charge >= 0.3 is 0 Å². The van der Waals surface area contributed by atoms with Crippen LogP contribution in [0.1, 0.15) is 37.6 Å². The zero-order valence-electron chi connectivity index (χ0n) is 15.3. The van der Waals surface area contributed by atoms with E-state index in [1.54, 1.807) is 0 Å². The number of rotatable bonds is 8. The predicted molar refractivity (Wildman–Crippen MR) is 103 cm³/mol. The van der Waals surface area contributed by atoms with Crippen molar-refractivity contribution in [1.82, 2.24) is 15.5 Å². The molecule has 1 unspecified atom stereocenters. The molecule has 0 saturated carbocycles.